The molecule has 0 N–H and O–H groups in total. The Labute approximate surface area is 117 Å². The van der Waals surface area contributed by atoms with Crippen LogP contribution in [-0.4, -0.2) is 15.7 Å². The van der Waals surface area contributed by atoms with Crippen molar-refractivity contribution >= 4 is 28.2 Å². The van der Waals surface area contributed by atoms with Crippen LogP contribution in [0, 0.1) is 5.82 Å². The maximum atomic E-state index is 13.4. The Hall–Kier alpha value is -1.52. The van der Waals surface area contributed by atoms with Gasteiger partial charge in [0.1, 0.15) is 5.82 Å². The lowest BCUT2D eigenvalue weighted by Crippen LogP contribution is -2.12. The van der Waals surface area contributed by atoms with Crippen molar-refractivity contribution in [2.75, 3.05) is 5.75 Å². The third-order valence-electron chi connectivity index (χ3n) is 2.52. The van der Waals surface area contributed by atoms with Gasteiger partial charge in [0.05, 0.1) is 32.0 Å². The van der Waals surface area contributed by atoms with Gasteiger partial charge in [-0.05, 0) is 24.3 Å². The van der Waals surface area contributed by atoms with Crippen LogP contribution >= 0.6 is 11.6 Å². The van der Waals surface area contributed by atoms with Crippen molar-refractivity contribution in [3.63, 3.8) is 0 Å². The normalized spacial score (nSPS) is 12.1. The molecule has 0 aliphatic carbocycles. The number of halogens is 2. The van der Waals surface area contributed by atoms with E-state index in [1.165, 1.54) is 18.2 Å². The van der Waals surface area contributed by atoms with Crippen molar-refractivity contribution in [1.82, 2.24) is 0 Å². The quantitative estimate of drug-likeness (QED) is 0.810. The Morgan fingerprint density at radius 1 is 1.11 bits per heavy atom. The summed E-state index contributed by atoms with van der Waals surface area (Å²) in [5, 5.41) is 0.335. The van der Waals surface area contributed by atoms with Crippen molar-refractivity contribution in [1.29, 1.82) is 0 Å². The molecule has 2 aromatic carbocycles. The van der Waals surface area contributed by atoms with E-state index in [1.54, 1.807) is 30.3 Å². The van der Waals surface area contributed by atoms with E-state index in [9.17, 15) is 13.4 Å². The van der Waals surface area contributed by atoms with Crippen LogP contribution < -0.4 is 0 Å². The minimum atomic E-state index is -1.58. The number of Topliss-reactive ketones (excluding diaryl/α,β-unsaturated/α-hetero) is 1. The van der Waals surface area contributed by atoms with Gasteiger partial charge in [-0.25, -0.2) is 4.39 Å². The fraction of sp³-hybridized carbons (Fsp3) is 0.0714. The molecule has 0 bridgehead atoms. The zero-order valence-corrected chi connectivity index (χ0v) is 11.4. The molecule has 0 aliphatic heterocycles. The molecule has 19 heavy (non-hydrogen) atoms. The molecule has 2 nitrogen and oxygen atoms in total. The molecule has 0 amide bonds. The Bertz CT molecular complexity index is 587. The van der Waals surface area contributed by atoms with Crippen LogP contribution in [0.5, 0.6) is 0 Å². The maximum Gasteiger partial charge on any atom is 0.178 e. The van der Waals surface area contributed by atoms with Gasteiger partial charge in [-0.15, -0.1) is 0 Å². The summed E-state index contributed by atoms with van der Waals surface area (Å²) in [5.41, 5.74) is -0.0529. The van der Waals surface area contributed by atoms with Crippen LogP contribution in [0.3, 0.4) is 0 Å². The first kappa shape index (κ1) is 13.9. The average molecular weight is 297 g/mol. The predicted molar refractivity (Wildman–Crippen MR) is 73.5 cm³/mol. The van der Waals surface area contributed by atoms with E-state index in [2.05, 4.69) is 0 Å². The Morgan fingerprint density at radius 3 is 2.42 bits per heavy atom. The van der Waals surface area contributed by atoms with Crippen LogP contribution in [-0.2, 0) is 10.8 Å². The van der Waals surface area contributed by atoms with E-state index >= 15 is 0 Å². The first-order valence-corrected chi connectivity index (χ1v) is 7.20. The van der Waals surface area contributed by atoms with Crippen LogP contribution in [0.1, 0.15) is 10.4 Å². The molecule has 0 saturated heterocycles. The van der Waals surface area contributed by atoms with E-state index in [0.717, 1.165) is 0 Å². The van der Waals surface area contributed by atoms with Crippen molar-refractivity contribution in [3.05, 3.63) is 64.9 Å². The lowest BCUT2D eigenvalue weighted by atomic mass is 10.1. The minimum Gasteiger partial charge on any atom is -0.293 e. The van der Waals surface area contributed by atoms with Crippen LogP contribution in [0.25, 0.3) is 0 Å². The molecule has 0 heterocycles. The molecule has 0 saturated carbocycles. The van der Waals surface area contributed by atoms with Gasteiger partial charge in [-0.2, -0.15) is 0 Å². The summed E-state index contributed by atoms with van der Waals surface area (Å²) < 4.78 is 25.5. The average Bonchev–Trinajstić information content (AvgIpc) is 2.39. The van der Waals surface area contributed by atoms with Crippen LogP contribution in [0.15, 0.2) is 53.4 Å². The largest absolute Gasteiger partial charge is 0.293 e. The highest BCUT2D eigenvalue weighted by atomic mass is 35.5. The van der Waals surface area contributed by atoms with Gasteiger partial charge >= 0.3 is 0 Å². The molecule has 1 atom stereocenters. The molecule has 0 radical (unpaired) electrons. The highest BCUT2D eigenvalue weighted by molar-refractivity contribution is 7.86. The predicted octanol–water partition coefficient (Wildman–Crippen LogP) is 3.47. The number of carbonyl (C=O) groups is 1. The monoisotopic (exact) mass is 296 g/mol. The molecule has 0 fully saturated rings. The van der Waals surface area contributed by atoms with E-state index in [0.29, 0.717) is 9.92 Å². The number of hydrogen-bond acceptors (Lipinski definition) is 2. The van der Waals surface area contributed by atoms with Crippen molar-refractivity contribution in [2.45, 2.75) is 4.90 Å². The zero-order chi connectivity index (χ0) is 13.8. The second-order valence-electron chi connectivity index (χ2n) is 3.82. The number of ketones is 1. The lowest BCUT2D eigenvalue weighted by Gasteiger charge is -2.04. The van der Waals surface area contributed by atoms with Gasteiger partial charge in [-0.1, -0.05) is 35.9 Å². The summed E-state index contributed by atoms with van der Waals surface area (Å²) >= 11 is 5.90. The highest BCUT2D eigenvalue weighted by Crippen LogP contribution is 2.20. The van der Waals surface area contributed by atoms with Gasteiger partial charge in [0.25, 0.3) is 0 Å². The van der Waals surface area contributed by atoms with Gasteiger partial charge in [0.2, 0.25) is 0 Å². The topological polar surface area (TPSA) is 34.1 Å². The van der Waals surface area contributed by atoms with E-state index in [-0.39, 0.29) is 11.3 Å². The second-order valence-corrected chi connectivity index (χ2v) is 5.65. The lowest BCUT2D eigenvalue weighted by molar-refractivity contribution is 0.101. The minimum absolute atomic E-state index is 0.0529. The zero-order valence-electron chi connectivity index (χ0n) is 9.81. The summed E-state index contributed by atoms with van der Waals surface area (Å²) in [5.74, 6) is -1.40. The highest BCUT2D eigenvalue weighted by Gasteiger charge is 2.16. The second kappa shape index (κ2) is 6.08. The number of hydrogen-bond donors (Lipinski definition) is 0. The summed E-state index contributed by atoms with van der Waals surface area (Å²) in [6, 6.07) is 12.2. The maximum absolute atomic E-state index is 13.4. The smallest absolute Gasteiger partial charge is 0.178 e. The number of rotatable bonds is 4. The third-order valence-corrected chi connectivity index (χ3v) is 4.33. The van der Waals surface area contributed by atoms with Gasteiger partial charge in [0, 0.05) is 0 Å². The van der Waals surface area contributed by atoms with Crippen molar-refractivity contribution < 1.29 is 13.4 Å². The molecule has 0 aromatic heterocycles. The summed E-state index contributed by atoms with van der Waals surface area (Å²) in [6.45, 7) is 0. The molecule has 1 unspecified atom stereocenters. The van der Waals surface area contributed by atoms with E-state index < -0.39 is 22.4 Å². The number of benzene rings is 2. The van der Waals surface area contributed by atoms with E-state index in [4.69, 9.17) is 11.6 Å². The van der Waals surface area contributed by atoms with Crippen molar-refractivity contribution in [2.24, 2.45) is 0 Å². The van der Waals surface area contributed by atoms with E-state index in [1.807, 2.05) is 0 Å². The molecular weight excluding hydrogens is 287 g/mol. The van der Waals surface area contributed by atoms with Gasteiger partial charge < -0.3 is 0 Å². The van der Waals surface area contributed by atoms with Crippen LogP contribution in [0.4, 0.5) is 4.39 Å². The Kier molecular flexibility index (Phi) is 4.45. The molecule has 5 heteroatoms. The molecule has 0 spiro atoms. The molecule has 2 rings (SSSR count). The first-order chi connectivity index (χ1) is 9.09. The standard InChI is InChI=1S/C14H10ClFO2S/c15-11-6-2-4-8-14(11)19(18)9-13(17)10-5-1-3-7-12(10)16/h1-8H,9H2. The fourth-order valence-corrected chi connectivity index (χ4v) is 3.05. The third kappa shape index (κ3) is 3.28. The molecule has 98 valence electrons. The number of carbonyl (C=O) groups excluding carboxylic acids is 1. The summed E-state index contributed by atoms with van der Waals surface area (Å²) in [4.78, 5) is 12.3. The molecular formula is C14H10ClFO2S. The summed E-state index contributed by atoms with van der Waals surface area (Å²) in [6.07, 6.45) is 0. The van der Waals surface area contributed by atoms with Gasteiger partial charge in [0.15, 0.2) is 5.78 Å². The van der Waals surface area contributed by atoms with Gasteiger partial charge in [-0.3, -0.25) is 9.00 Å². The fourth-order valence-electron chi connectivity index (χ4n) is 1.59. The van der Waals surface area contributed by atoms with Crippen LogP contribution in [0.2, 0.25) is 5.02 Å². The first-order valence-electron chi connectivity index (χ1n) is 5.50. The molecule has 0 aliphatic rings. The Morgan fingerprint density at radius 2 is 1.74 bits per heavy atom. The molecule has 2 aromatic rings. The van der Waals surface area contributed by atoms with Crippen molar-refractivity contribution in [3.8, 4) is 0 Å². The Balaban J connectivity index is 2.19. The summed E-state index contributed by atoms with van der Waals surface area (Å²) in [7, 11) is -1.58. The SMILES string of the molecule is O=C(CS(=O)c1ccccc1Cl)c1ccccc1F.